The summed E-state index contributed by atoms with van der Waals surface area (Å²) >= 11 is 0. The van der Waals surface area contributed by atoms with E-state index in [9.17, 15) is 0 Å². The van der Waals surface area contributed by atoms with Gasteiger partial charge in [-0.1, -0.05) is 12.1 Å². The van der Waals surface area contributed by atoms with Gasteiger partial charge in [-0.05, 0) is 60.0 Å². The van der Waals surface area contributed by atoms with Crippen molar-refractivity contribution in [2.24, 2.45) is 0 Å². The number of rotatable bonds is 3. The molecular formula is C25H18N6. The second-order valence-electron chi connectivity index (χ2n) is 7.57. The number of aryl methyl sites for hydroxylation is 1. The van der Waals surface area contributed by atoms with Crippen LogP contribution in [0.15, 0.2) is 79.5 Å². The van der Waals surface area contributed by atoms with Crippen LogP contribution in [0.4, 0.5) is 0 Å². The lowest BCUT2D eigenvalue weighted by Gasteiger charge is -2.05. The minimum atomic E-state index is 0.826. The van der Waals surface area contributed by atoms with E-state index in [1.807, 2.05) is 43.0 Å². The number of aromatic amines is 2. The number of benzene rings is 1. The molecule has 0 radical (unpaired) electrons. The Hall–Kier alpha value is -4.32. The van der Waals surface area contributed by atoms with Gasteiger partial charge in [-0.15, -0.1) is 0 Å². The van der Waals surface area contributed by atoms with Crippen LogP contribution >= 0.6 is 0 Å². The van der Waals surface area contributed by atoms with E-state index in [0.717, 1.165) is 55.6 Å². The Balaban J connectivity index is 1.52. The van der Waals surface area contributed by atoms with E-state index in [2.05, 4.69) is 67.4 Å². The molecule has 0 saturated carbocycles. The summed E-state index contributed by atoms with van der Waals surface area (Å²) in [5.74, 6) is 0. The first kappa shape index (κ1) is 17.5. The van der Waals surface area contributed by atoms with Gasteiger partial charge < -0.3 is 4.98 Å². The van der Waals surface area contributed by atoms with E-state index in [1.54, 1.807) is 6.20 Å². The van der Waals surface area contributed by atoms with Crippen molar-refractivity contribution in [2.75, 3.05) is 0 Å². The lowest BCUT2D eigenvalue weighted by Crippen LogP contribution is -1.85. The topological polar surface area (TPSA) is 83.1 Å². The van der Waals surface area contributed by atoms with E-state index < -0.39 is 0 Å². The zero-order chi connectivity index (χ0) is 20.8. The number of nitrogens with zero attached hydrogens (tertiary/aromatic N) is 4. The maximum atomic E-state index is 4.61. The van der Waals surface area contributed by atoms with Crippen LogP contribution in [-0.2, 0) is 0 Å². The van der Waals surface area contributed by atoms with Crippen molar-refractivity contribution in [1.29, 1.82) is 0 Å². The van der Waals surface area contributed by atoms with E-state index in [0.29, 0.717) is 0 Å². The molecule has 6 rings (SSSR count). The molecule has 0 amide bonds. The molecule has 0 fully saturated rings. The summed E-state index contributed by atoms with van der Waals surface area (Å²) in [5.41, 5.74) is 9.17. The first-order valence-corrected chi connectivity index (χ1v) is 10.1. The number of hydrogen-bond donors (Lipinski definition) is 2. The minimum absolute atomic E-state index is 0.826. The average molecular weight is 402 g/mol. The Morgan fingerprint density at radius 2 is 1.71 bits per heavy atom. The Morgan fingerprint density at radius 3 is 2.58 bits per heavy atom. The maximum absolute atomic E-state index is 4.61. The van der Waals surface area contributed by atoms with Crippen LogP contribution < -0.4 is 0 Å². The highest BCUT2D eigenvalue weighted by Gasteiger charge is 2.15. The second-order valence-corrected chi connectivity index (χ2v) is 7.57. The molecule has 148 valence electrons. The van der Waals surface area contributed by atoms with Gasteiger partial charge in [0.25, 0.3) is 0 Å². The molecule has 0 aliphatic carbocycles. The quantitative estimate of drug-likeness (QED) is 0.407. The first-order valence-electron chi connectivity index (χ1n) is 10.1. The molecule has 0 aliphatic rings. The fourth-order valence-corrected chi connectivity index (χ4v) is 4.08. The van der Waals surface area contributed by atoms with Crippen LogP contribution in [0.5, 0.6) is 0 Å². The standard InChI is InChI=1S/C25H18N6/c1-15-6-9-27-14-21(15)16-4-5-22-20(11-16)24(31-30-22)23-12-19-18(7-10-28-25(19)29-23)17-3-2-8-26-13-17/h2-14H,1H3,(H,28,29)(H,30,31). The molecule has 6 nitrogen and oxygen atoms in total. The van der Waals surface area contributed by atoms with Crippen molar-refractivity contribution in [3.8, 4) is 33.6 Å². The third-order valence-electron chi connectivity index (χ3n) is 5.67. The Bertz CT molecular complexity index is 1550. The van der Waals surface area contributed by atoms with Crippen molar-refractivity contribution in [3.05, 3.63) is 85.1 Å². The molecule has 5 heterocycles. The summed E-state index contributed by atoms with van der Waals surface area (Å²) < 4.78 is 0. The van der Waals surface area contributed by atoms with Crippen LogP contribution in [-0.4, -0.2) is 30.1 Å². The fourth-order valence-electron chi connectivity index (χ4n) is 4.08. The molecule has 0 atom stereocenters. The number of pyridine rings is 3. The van der Waals surface area contributed by atoms with Crippen LogP contribution in [0, 0.1) is 6.92 Å². The van der Waals surface area contributed by atoms with E-state index in [4.69, 9.17) is 0 Å². The predicted molar refractivity (Wildman–Crippen MR) is 122 cm³/mol. The average Bonchev–Trinajstić information content (AvgIpc) is 3.43. The highest BCUT2D eigenvalue weighted by atomic mass is 15.1. The summed E-state index contributed by atoms with van der Waals surface area (Å²) in [6.07, 6.45) is 9.19. The zero-order valence-electron chi connectivity index (χ0n) is 16.8. The SMILES string of the molecule is Cc1ccncc1-c1ccc2[nH]nc(-c3cc4c(-c5cccnc5)ccnc4[nH]3)c2c1. The molecule has 0 bridgehead atoms. The first-order chi connectivity index (χ1) is 15.3. The lowest BCUT2D eigenvalue weighted by atomic mass is 10.0. The summed E-state index contributed by atoms with van der Waals surface area (Å²) in [6.45, 7) is 2.10. The molecule has 1 aromatic carbocycles. The van der Waals surface area contributed by atoms with Gasteiger partial charge in [-0.25, -0.2) is 4.98 Å². The fraction of sp³-hybridized carbons (Fsp3) is 0.0400. The maximum Gasteiger partial charge on any atom is 0.138 e. The molecule has 6 heteroatoms. The Kier molecular flexibility index (Phi) is 3.89. The summed E-state index contributed by atoms with van der Waals surface area (Å²) in [5, 5.41) is 9.86. The predicted octanol–water partition coefficient (Wildman–Crippen LogP) is 5.54. The van der Waals surface area contributed by atoms with Crippen molar-refractivity contribution in [2.45, 2.75) is 6.92 Å². The molecule has 31 heavy (non-hydrogen) atoms. The summed E-state index contributed by atoms with van der Waals surface area (Å²) in [6, 6.07) is 16.5. The van der Waals surface area contributed by atoms with Gasteiger partial charge in [-0.3, -0.25) is 15.1 Å². The molecular weight excluding hydrogens is 384 g/mol. The van der Waals surface area contributed by atoms with Crippen LogP contribution in [0.3, 0.4) is 0 Å². The molecule has 2 N–H and O–H groups in total. The number of aromatic nitrogens is 6. The van der Waals surface area contributed by atoms with Crippen LogP contribution in [0.1, 0.15) is 5.56 Å². The van der Waals surface area contributed by atoms with Gasteiger partial charge >= 0.3 is 0 Å². The van der Waals surface area contributed by atoms with Crippen molar-refractivity contribution >= 4 is 21.9 Å². The third kappa shape index (κ3) is 2.88. The number of nitrogens with one attached hydrogen (secondary N) is 2. The van der Waals surface area contributed by atoms with Crippen LogP contribution in [0.2, 0.25) is 0 Å². The van der Waals surface area contributed by atoms with Gasteiger partial charge in [0, 0.05) is 52.9 Å². The molecule has 0 unspecified atom stereocenters. The molecule has 0 spiro atoms. The largest absolute Gasteiger partial charge is 0.338 e. The van der Waals surface area contributed by atoms with Gasteiger partial charge in [0.2, 0.25) is 0 Å². The number of hydrogen-bond acceptors (Lipinski definition) is 4. The van der Waals surface area contributed by atoms with Gasteiger partial charge in [0.15, 0.2) is 0 Å². The number of H-pyrrole nitrogens is 2. The van der Waals surface area contributed by atoms with Gasteiger partial charge in [-0.2, -0.15) is 5.10 Å². The second kappa shape index (κ2) is 6.88. The van der Waals surface area contributed by atoms with Crippen molar-refractivity contribution in [1.82, 2.24) is 30.1 Å². The molecule has 0 saturated heterocycles. The molecule has 0 aliphatic heterocycles. The van der Waals surface area contributed by atoms with Crippen molar-refractivity contribution in [3.63, 3.8) is 0 Å². The normalized spacial score (nSPS) is 11.4. The van der Waals surface area contributed by atoms with E-state index >= 15 is 0 Å². The summed E-state index contributed by atoms with van der Waals surface area (Å²) in [7, 11) is 0. The number of fused-ring (bicyclic) bond motifs is 2. The highest BCUT2D eigenvalue weighted by molar-refractivity contribution is 6.00. The molecule has 5 aromatic heterocycles. The van der Waals surface area contributed by atoms with Gasteiger partial charge in [0.05, 0.1) is 11.2 Å². The van der Waals surface area contributed by atoms with E-state index in [1.165, 1.54) is 5.56 Å². The van der Waals surface area contributed by atoms with Crippen LogP contribution in [0.25, 0.3) is 55.6 Å². The zero-order valence-corrected chi connectivity index (χ0v) is 16.8. The highest BCUT2D eigenvalue weighted by Crippen LogP contribution is 2.34. The molecule has 6 aromatic rings. The third-order valence-corrected chi connectivity index (χ3v) is 5.67. The van der Waals surface area contributed by atoms with Gasteiger partial charge in [0.1, 0.15) is 11.3 Å². The summed E-state index contributed by atoms with van der Waals surface area (Å²) in [4.78, 5) is 16.5. The Morgan fingerprint density at radius 1 is 0.774 bits per heavy atom. The van der Waals surface area contributed by atoms with Crippen molar-refractivity contribution < 1.29 is 0 Å². The monoisotopic (exact) mass is 402 g/mol. The minimum Gasteiger partial charge on any atom is -0.338 e. The smallest absolute Gasteiger partial charge is 0.138 e. The Labute approximate surface area is 178 Å². The van der Waals surface area contributed by atoms with E-state index in [-0.39, 0.29) is 0 Å². The lowest BCUT2D eigenvalue weighted by molar-refractivity contribution is 1.12.